The Balaban J connectivity index is 0.000000461. The zero-order chi connectivity index (χ0) is 8.53. The van der Waals surface area contributed by atoms with Crippen molar-refractivity contribution in [2.24, 2.45) is 0 Å². The average Bonchev–Trinajstić information content (AvgIpc) is 2.57. The van der Waals surface area contributed by atoms with Crippen LogP contribution < -0.4 is 0 Å². The first-order valence-corrected chi connectivity index (χ1v) is 4.70. The van der Waals surface area contributed by atoms with Gasteiger partial charge in [0.2, 0.25) is 0 Å². The highest BCUT2D eigenvalue weighted by Crippen LogP contribution is 2.03. The Labute approximate surface area is 74.2 Å². The predicted molar refractivity (Wildman–Crippen MR) is 52.2 cm³/mol. The van der Waals surface area contributed by atoms with Gasteiger partial charge < -0.3 is 4.42 Å². The molecular weight excluding hydrogens is 156 g/mol. The van der Waals surface area contributed by atoms with Crippen LogP contribution in [-0.2, 0) is 6.42 Å². The zero-order valence-electron chi connectivity index (χ0n) is 7.21. The third-order valence-corrected chi connectivity index (χ3v) is 1.48. The van der Waals surface area contributed by atoms with Crippen LogP contribution in [0.1, 0.15) is 26.0 Å². The molecule has 1 nitrogen and oxygen atoms in total. The Morgan fingerprint density at radius 3 is 2.64 bits per heavy atom. The molecule has 64 valence electrons. The van der Waals surface area contributed by atoms with E-state index in [0.717, 1.165) is 24.4 Å². The molecule has 1 rings (SSSR count). The van der Waals surface area contributed by atoms with E-state index >= 15 is 0 Å². The van der Waals surface area contributed by atoms with Crippen molar-refractivity contribution in [3.05, 3.63) is 24.2 Å². The summed E-state index contributed by atoms with van der Waals surface area (Å²) < 4.78 is 5.10. The highest BCUT2D eigenvalue weighted by Gasteiger charge is 1.91. The lowest BCUT2D eigenvalue weighted by molar-refractivity contribution is 0.507. The van der Waals surface area contributed by atoms with E-state index in [-0.39, 0.29) is 0 Å². The fraction of sp³-hybridized carbons (Fsp3) is 0.556. The molecule has 0 aliphatic carbocycles. The summed E-state index contributed by atoms with van der Waals surface area (Å²) in [6.07, 6.45) is 3.81. The van der Waals surface area contributed by atoms with E-state index in [9.17, 15) is 0 Å². The van der Waals surface area contributed by atoms with Crippen molar-refractivity contribution in [1.82, 2.24) is 0 Å². The molecule has 0 saturated carbocycles. The van der Waals surface area contributed by atoms with E-state index in [1.807, 2.05) is 26.0 Å². The number of aryl methyl sites for hydroxylation is 1. The van der Waals surface area contributed by atoms with Crippen LogP contribution in [0.25, 0.3) is 0 Å². The van der Waals surface area contributed by atoms with Crippen LogP contribution in [0.3, 0.4) is 0 Å². The number of hydrogen-bond donors (Lipinski definition) is 1. The largest absolute Gasteiger partial charge is 0.469 e. The normalized spacial score (nSPS) is 8.64. The molecule has 0 fully saturated rings. The van der Waals surface area contributed by atoms with Gasteiger partial charge in [0.1, 0.15) is 5.76 Å². The van der Waals surface area contributed by atoms with E-state index in [1.165, 1.54) is 0 Å². The molecule has 0 amide bonds. The summed E-state index contributed by atoms with van der Waals surface area (Å²) in [5.74, 6) is 1.99. The summed E-state index contributed by atoms with van der Waals surface area (Å²) >= 11 is 4.09. The van der Waals surface area contributed by atoms with Crippen molar-refractivity contribution in [2.75, 3.05) is 5.75 Å². The van der Waals surface area contributed by atoms with Gasteiger partial charge in [-0.3, -0.25) is 0 Å². The molecule has 1 aromatic heterocycles. The molecule has 11 heavy (non-hydrogen) atoms. The highest BCUT2D eigenvalue weighted by atomic mass is 32.1. The third kappa shape index (κ3) is 4.96. The predicted octanol–water partition coefficient (Wildman–Crippen LogP) is 3.17. The van der Waals surface area contributed by atoms with E-state index in [0.29, 0.717) is 0 Å². The van der Waals surface area contributed by atoms with Crippen molar-refractivity contribution in [3.8, 4) is 0 Å². The molecule has 0 bridgehead atoms. The summed E-state index contributed by atoms with van der Waals surface area (Å²) in [6, 6.07) is 3.90. The summed E-state index contributed by atoms with van der Waals surface area (Å²) in [4.78, 5) is 0. The van der Waals surface area contributed by atoms with Gasteiger partial charge in [-0.1, -0.05) is 13.8 Å². The summed E-state index contributed by atoms with van der Waals surface area (Å²) in [5.41, 5.74) is 0. The van der Waals surface area contributed by atoms with Crippen molar-refractivity contribution in [2.45, 2.75) is 26.7 Å². The van der Waals surface area contributed by atoms with Crippen LogP contribution in [0.15, 0.2) is 22.8 Å². The Hall–Kier alpha value is -0.370. The second-order valence-corrected chi connectivity index (χ2v) is 2.35. The van der Waals surface area contributed by atoms with E-state index in [1.54, 1.807) is 6.26 Å². The van der Waals surface area contributed by atoms with Gasteiger partial charge in [0, 0.05) is 6.42 Å². The molecule has 2 heteroatoms. The standard InChI is InChI=1S/C7H10OS.C2H6/c9-6-2-4-7-3-1-5-8-7;1-2/h1,3,5,9H,2,4,6H2;1-2H3. The Morgan fingerprint density at radius 1 is 1.45 bits per heavy atom. The maximum Gasteiger partial charge on any atom is 0.103 e. The van der Waals surface area contributed by atoms with Gasteiger partial charge in [-0.05, 0) is 24.3 Å². The molecular formula is C9H16OS. The maximum atomic E-state index is 5.10. The van der Waals surface area contributed by atoms with Gasteiger partial charge in [-0.25, -0.2) is 0 Å². The molecule has 0 radical (unpaired) electrons. The third-order valence-electron chi connectivity index (χ3n) is 1.16. The first-order chi connectivity index (χ1) is 5.43. The number of rotatable bonds is 3. The lowest BCUT2D eigenvalue weighted by Gasteiger charge is -1.89. The van der Waals surface area contributed by atoms with Crippen molar-refractivity contribution in [3.63, 3.8) is 0 Å². The van der Waals surface area contributed by atoms with Crippen LogP contribution in [0.4, 0.5) is 0 Å². The Morgan fingerprint density at radius 2 is 2.18 bits per heavy atom. The molecule has 0 spiro atoms. The highest BCUT2D eigenvalue weighted by molar-refractivity contribution is 7.80. The second-order valence-electron chi connectivity index (χ2n) is 1.91. The van der Waals surface area contributed by atoms with E-state index in [2.05, 4.69) is 12.6 Å². The van der Waals surface area contributed by atoms with Gasteiger partial charge in [-0.15, -0.1) is 0 Å². The van der Waals surface area contributed by atoms with Gasteiger partial charge in [-0.2, -0.15) is 12.6 Å². The van der Waals surface area contributed by atoms with E-state index < -0.39 is 0 Å². The van der Waals surface area contributed by atoms with Crippen LogP contribution in [0.5, 0.6) is 0 Å². The lowest BCUT2D eigenvalue weighted by atomic mass is 10.3. The second kappa shape index (κ2) is 7.73. The minimum Gasteiger partial charge on any atom is -0.469 e. The van der Waals surface area contributed by atoms with Crippen molar-refractivity contribution in [1.29, 1.82) is 0 Å². The van der Waals surface area contributed by atoms with Gasteiger partial charge in [0.15, 0.2) is 0 Å². The number of thiol groups is 1. The fourth-order valence-electron chi connectivity index (χ4n) is 0.708. The minimum absolute atomic E-state index is 0.931. The number of hydrogen-bond acceptors (Lipinski definition) is 2. The molecule has 1 aromatic rings. The van der Waals surface area contributed by atoms with Crippen molar-refractivity contribution < 1.29 is 4.42 Å². The minimum atomic E-state index is 0.931. The van der Waals surface area contributed by atoms with E-state index in [4.69, 9.17) is 4.42 Å². The summed E-state index contributed by atoms with van der Waals surface area (Å²) in [6.45, 7) is 4.00. The van der Waals surface area contributed by atoms with Crippen LogP contribution >= 0.6 is 12.6 Å². The van der Waals surface area contributed by atoms with Crippen LogP contribution in [-0.4, -0.2) is 5.75 Å². The Kier molecular flexibility index (Phi) is 7.47. The van der Waals surface area contributed by atoms with Crippen LogP contribution in [0, 0.1) is 0 Å². The van der Waals surface area contributed by atoms with Gasteiger partial charge >= 0.3 is 0 Å². The molecule has 0 aliphatic heterocycles. The van der Waals surface area contributed by atoms with Crippen LogP contribution in [0.2, 0.25) is 0 Å². The summed E-state index contributed by atoms with van der Waals surface area (Å²) in [7, 11) is 0. The smallest absolute Gasteiger partial charge is 0.103 e. The molecule has 0 unspecified atom stereocenters. The van der Waals surface area contributed by atoms with Gasteiger partial charge in [0.25, 0.3) is 0 Å². The molecule has 0 saturated heterocycles. The Bertz CT molecular complexity index is 147. The maximum absolute atomic E-state index is 5.10. The molecule has 1 heterocycles. The molecule has 0 aliphatic rings. The number of furan rings is 1. The van der Waals surface area contributed by atoms with Crippen molar-refractivity contribution >= 4 is 12.6 Å². The monoisotopic (exact) mass is 172 g/mol. The topological polar surface area (TPSA) is 13.1 Å². The van der Waals surface area contributed by atoms with Gasteiger partial charge in [0.05, 0.1) is 6.26 Å². The average molecular weight is 172 g/mol. The zero-order valence-corrected chi connectivity index (χ0v) is 8.10. The molecule has 0 N–H and O–H groups in total. The molecule has 0 aromatic carbocycles. The lowest BCUT2D eigenvalue weighted by Crippen LogP contribution is -1.81. The molecule has 0 atom stereocenters. The quantitative estimate of drug-likeness (QED) is 0.691. The first-order valence-electron chi connectivity index (χ1n) is 4.06. The summed E-state index contributed by atoms with van der Waals surface area (Å²) in [5, 5.41) is 0. The SMILES string of the molecule is CC.SCCCc1ccco1. The fourth-order valence-corrected chi connectivity index (χ4v) is 0.866. The first kappa shape index (κ1) is 10.6.